The zero-order chi connectivity index (χ0) is 11.6. The van der Waals surface area contributed by atoms with E-state index in [1.54, 1.807) is 0 Å². The average Bonchev–Trinajstić information content (AvgIpc) is 2.16. The maximum Gasteiger partial charge on any atom is 0.276 e. The fraction of sp³-hybridized carbons (Fsp3) is 0.250. The van der Waals surface area contributed by atoms with E-state index in [-0.39, 0.29) is 5.56 Å². The molecule has 0 radical (unpaired) electrons. The molecule has 0 fully saturated rings. The average molecular weight is 212 g/mol. The van der Waals surface area contributed by atoms with Gasteiger partial charge in [-0.25, -0.2) is 0 Å². The third-order valence-corrected chi connectivity index (χ3v) is 1.83. The molecular weight excluding hydrogens is 204 g/mol. The smallest absolute Gasteiger partial charge is 0.276 e. The van der Waals surface area contributed by atoms with Crippen molar-refractivity contribution in [3.05, 3.63) is 44.0 Å². The minimum Gasteiger partial charge on any atom is -0.389 e. The third kappa shape index (κ3) is 2.47. The van der Waals surface area contributed by atoms with Gasteiger partial charge in [-0.3, -0.25) is 20.2 Å². The Balaban J connectivity index is 3.32. The number of aliphatic hydroxyl groups excluding tert-OH is 1. The normalized spacial score (nSPS) is 12.1. The molecule has 1 aromatic carbocycles. The molecule has 0 unspecified atom stereocenters. The number of non-ortho nitro benzene ring substituents is 2. The molecule has 0 heterocycles. The lowest BCUT2D eigenvalue weighted by Gasteiger charge is -2.03. The highest BCUT2D eigenvalue weighted by Crippen LogP contribution is 2.25. The summed E-state index contributed by atoms with van der Waals surface area (Å²) in [6.45, 7) is 1.38. The van der Waals surface area contributed by atoms with E-state index in [2.05, 4.69) is 0 Å². The van der Waals surface area contributed by atoms with Crippen molar-refractivity contribution in [2.75, 3.05) is 0 Å². The standard InChI is InChI=1S/C8H8N2O5/c1-5(11)6-2-7(9(12)13)4-8(3-6)10(14)15/h2-5,11H,1H3/t5-/m1/s1. The zero-order valence-corrected chi connectivity index (χ0v) is 7.78. The van der Waals surface area contributed by atoms with Gasteiger partial charge in [0.1, 0.15) is 0 Å². The summed E-state index contributed by atoms with van der Waals surface area (Å²) in [4.78, 5) is 19.4. The molecule has 0 saturated heterocycles. The van der Waals surface area contributed by atoms with Crippen LogP contribution in [0.5, 0.6) is 0 Å². The minimum atomic E-state index is -0.983. The van der Waals surface area contributed by atoms with Crippen LogP contribution in [-0.4, -0.2) is 15.0 Å². The monoisotopic (exact) mass is 212 g/mol. The van der Waals surface area contributed by atoms with Crippen molar-refractivity contribution in [2.45, 2.75) is 13.0 Å². The lowest BCUT2D eigenvalue weighted by Crippen LogP contribution is -1.97. The molecule has 80 valence electrons. The van der Waals surface area contributed by atoms with E-state index in [1.165, 1.54) is 6.92 Å². The van der Waals surface area contributed by atoms with Crippen LogP contribution in [0.2, 0.25) is 0 Å². The summed E-state index contributed by atoms with van der Waals surface area (Å²) in [5, 5.41) is 30.1. The molecule has 0 aliphatic rings. The quantitative estimate of drug-likeness (QED) is 0.604. The Labute approximate surface area is 84.3 Å². The Morgan fingerprint density at radius 1 is 1.13 bits per heavy atom. The van der Waals surface area contributed by atoms with Gasteiger partial charge in [0, 0.05) is 12.1 Å². The number of benzene rings is 1. The highest BCUT2D eigenvalue weighted by molar-refractivity contribution is 5.47. The van der Waals surface area contributed by atoms with Gasteiger partial charge in [-0.1, -0.05) is 0 Å². The number of nitro benzene ring substituents is 2. The molecule has 1 rings (SSSR count). The largest absolute Gasteiger partial charge is 0.389 e. The number of hydrogen-bond acceptors (Lipinski definition) is 5. The fourth-order valence-corrected chi connectivity index (χ4v) is 1.07. The summed E-state index contributed by atoms with van der Waals surface area (Å²) in [6.07, 6.45) is -0.983. The maximum atomic E-state index is 10.5. The number of rotatable bonds is 3. The lowest BCUT2D eigenvalue weighted by atomic mass is 10.1. The Morgan fingerprint density at radius 3 is 1.80 bits per heavy atom. The van der Waals surface area contributed by atoms with Crippen LogP contribution in [0.3, 0.4) is 0 Å². The number of hydrogen-bond donors (Lipinski definition) is 1. The summed E-state index contributed by atoms with van der Waals surface area (Å²) < 4.78 is 0. The molecule has 1 atom stereocenters. The van der Waals surface area contributed by atoms with Crippen LogP contribution < -0.4 is 0 Å². The summed E-state index contributed by atoms with van der Waals surface area (Å²) in [5.74, 6) is 0. The molecular formula is C8H8N2O5. The molecule has 7 heteroatoms. The van der Waals surface area contributed by atoms with E-state index < -0.39 is 27.3 Å². The molecule has 1 aromatic rings. The summed E-state index contributed by atoms with van der Waals surface area (Å²) >= 11 is 0. The van der Waals surface area contributed by atoms with Crippen molar-refractivity contribution in [2.24, 2.45) is 0 Å². The first kappa shape index (κ1) is 11.1. The van der Waals surface area contributed by atoms with Gasteiger partial charge in [-0.15, -0.1) is 0 Å². The predicted molar refractivity (Wildman–Crippen MR) is 50.4 cm³/mol. The van der Waals surface area contributed by atoms with Gasteiger partial charge in [0.25, 0.3) is 11.4 Å². The topological polar surface area (TPSA) is 107 Å². The Morgan fingerprint density at radius 2 is 1.53 bits per heavy atom. The van der Waals surface area contributed by atoms with Gasteiger partial charge in [0.15, 0.2) is 0 Å². The fourth-order valence-electron chi connectivity index (χ4n) is 1.07. The summed E-state index contributed by atoms with van der Waals surface area (Å²) in [6, 6.07) is 3.07. The third-order valence-electron chi connectivity index (χ3n) is 1.83. The van der Waals surface area contributed by atoms with Crippen molar-refractivity contribution >= 4 is 11.4 Å². The van der Waals surface area contributed by atoms with Crippen LogP contribution in [-0.2, 0) is 0 Å². The number of aliphatic hydroxyl groups is 1. The molecule has 0 aromatic heterocycles. The molecule has 15 heavy (non-hydrogen) atoms. The highest BCUT2D eigenvalue weighted by atomic mass is 16.6. The minimum absolute atomic E-state index is 0.149. The predicted octanol–water partition coefficient (Wildman–Crippen LogP) is 1.56. The lowest BCUT2D eigenvalue weighted by molar-refractivity contribution is -0.394. The van der Waals surface area contributed by atoms with E-state index in [1.807, 2.05) is 0 Å². The Hall–Kier alpha value is -2.02. The van der Waals surface area contributed by atoms with Gasteiger partial charge in [-0.2, -0.15) is 0 Å². The van der Waals surface area contributed by atoms with Crippen LogP contribution in [0.4, 0.5) is 11.4 Å². The van der Waals surface area contributed by atoms with Crippen molar-refractivity contribution < 1.29 is 15.0 Å². The second-order valence-electron chi connectivity index (χ2n) is 2.97. The molecule has 0 bridgehead atoms. The molecule has 0 amide bonds. The summed E-state index contributed by atoms with van der Waals surface area (Å²) in [5.41, 5.74) is -0.656. The maximum absolute atomic E-state index is 10.5. The Kier molecular flexibility index (Phi) is 2.96. The van der Waals surface area contributed by atoms with E-state index >= 15 is 0 Å². The van der Waals surface area contributed by atoms with E-state index in [0.717, 1.165) is 18.2 Å². The van der Waals surface area contributed by atoms with Crippen molar-refractivity contribution in [1.82, 2.24) is 0 Å². The van der Waals surface area contributed by atoms with E-state index in [4.69, 9.17) is 0 Å². The zero-order valence-electron chi connectivity index (χ0n) is 7.78. The second kappa shape index (κ2) is 4.01. The second-order valence-corrected chi connectivity index (χ2v) is 2.97. The summed E-state index contributed by atoms with van der Waals surface area (Å²) in [7, 11) is 0. The SMILES string of the molecule is C[C@@H](O)c1cc([N+](=O)[O-])cc([N+](=O)[O-])c1. The van der Waals surface area contributed by atoms with Crippen molar-refractivity contribution in [1.29, 1.82) is 0 Å². The van der Waals surface area contributed by atoms with Crippen LogP contribution in [0.15, 0.2) is 18.2 Å². The molecule has 0 aliphatic carbocycles. The molecule has 0 saturated carbocycles. The first-order chi connectivity index (χ1) is 6.91. The molecule has 7 nitrogen and oxygen atoms in total. The first-order valence-electron chi connectivity index (χ1n) is 4.03. The van der Waals surface area contributed by atoms with Crippen LogP contribution >= 0.6 is 0 Å². The van der Waals surface area contributed by atoms with Gasteiger partial charge < -0.3 is 5.11 Å². The van der Waals surface area contributed by atoms with Gasteiger partial charge in [-0.05, 0) is 12.5 Å². The van der Waals surface area contributed by atoms with E-state index in [0.29, 0.717) is 0 Å². The van der Waals surface area contributed by atoms with Crippen LogP contribution in [0.25, 0.3) is 0 Å². The molecule has 1 N–H and O–H groups in total. The van der Waals surface area contributed by atoms with Gasteiger partial charge in [0.2, 0.25) is 0 Å². The van der Waals surface area contributed by atoms with Crippen molar-refractivity contribution in [3.8, 4) is 0 Å². The van der Waals surface area contributed by atoms with E-state index in [9.17, 15) is 25.3 Å². The van der Waals surface area contributed by atoms with Crippen LogP contribution in [0, 0.1) is 20.2 Å². The Bertz CT molecular complexity index is 383. The number of nitrogens with zero attached hydrogens (tertiary/aromatic N) is 2. The number of nitro groups is 2. The molecule has 0 aliphatic heterocycles. The van der Waals surface area contributed by atoms with Crippen molar-refractivity contribution in [3.63, 3.8) is 0 Å². The first-order valence-corrected chi connectivity index (χ1v) is 4.03. The van der Waals surface area contributed by atoms with Crippen LogP contribution in [0.1, 0.15) is 18.6 Å². The highest BCUT2D eigenvalue weighted by Gasteiger charge is 2.17. The van der Waals surface area contributed by atoms with Gasteiger partial charge >= 0.3 is 0 Å². The van der Waals surface area contributed by atoms with Gasteiger partial charge in [0.05, 0.1) is 22.0 Å². The molecule has 0 spiro atoms.